The van der Waals surface area contributed by atoms with Crippen molar-refractivity contribution in [1.82, 2.24) is 0 Å². The van der Waals surface area contributed by atoms with Crippen LogP contribution in [0.3, 0.4) is 0 Å². The van der Waals surface area contributed by atoms with E-state index in [4.69, 9.17) is 13.6 Å². The number of hydrogen-bond acceptors (Lipinski definition) is 5. The van der Waals surface area contributed by atoms with Gasteiger partial charge in [-0.05, 0) is 20.8 Å². The van der Waals surface area contributed by atoms with Crippen LogP contribution in [0.2, 0.25) is 0 Å². The molecule has 0 heterocycles. The van der Waals surface area contributed by atoms with Crippen LogP contribution in [-0.4, -0.2) is 30.6 Å². The first kappa shape index (κ1) is 14.5. The van der Waals surface area contributed by atoms with E-state index in [1.165, 1.54) is 0 Å². The minimum atomic E-state index is -3.15. The molecule has 0 spiro atoms. The van der Waals surface area contributed by atoms with Gasteiger partial charge in [-0.25, -0.2) is 0 Å². The molecular weight excluding hydrogens is 226 g/mol. The lowest BCUT2D eigenvalue weighted by Crippen LogP contribution is -2.00. The van der Waals surface area contributed by atoms with Crippen molar-refractivity contribution in [2.45, 2.75) is 20.8 Å². The highest BCUT2D eigenvalue weighted by Gasteiger charge is 2.28. The van der Waals surface area contributed by atoms with Crippen LogP contribution in [0.15, 0.2) is 0 Å². The predicted molar refractivity (Wildman–Crippen MR) is 56.5 cm³/mol. The highest BCUT2D eigenvalue weighted by molar-refractivity contribution is 7.68. The van der Waals surface area contributed by atoms with E-state index in [1.807, 2.05) is 0 Å². The first-order valence-electron chi connectivity index (χ1n) is 4.55. The third-order valence-corrected chi connectivity index (χ3v) is 5.44. The Kier molecular flexibility index (Phi) is 8.02. The first-order chi connectivity index (χ1) is 6.58. The van der Waals surface area contributed by atoms with E-state index < -0.39 is 16.0 Å². The monoisotopic (exact) mass is 244 g/mol. The van der Waals surface area contributed by atoms with Gasteiger partial charge >= 0.3 is 7.60 Å². The third-order valence-electron chi connectivity index (χ3n) is 1.22. The number of hydrogen-bond donors (Lipinski definition) is 1. The van der Waals surface area contributed by atoms with Crippen molar-refractivity contribution in [3.63, 3.8) is 0 Å². The molecule has 1 N–H and O–H groups in total. The molecule has 0 saturated heterocycles. The van der Waals surface area contributed by atoms with Crippen LogP contribution in [0.1, 0.15) is 20.8 Å². The fourth-order valence-corrected chi connectivity index (χ4v) is 4.17. The molecule has 0 aliphatic carbocycles. The Morgan fingerprint density at radius 2 is 1.64 bits per heavy atom. The topological polar surface area (TPSA) is 65.0 Å². The van der Waals surface area contributed by atoms with Crippen LogP contribution >= 0.6 is 16.0 Å². The minimum absolute atomic E-state index is 0.0577. The fraction of sp³-hybridized carbons (Fsp3) is 1.00. The van der Waals surface area contributed by atoms with Crippen molar-refractivity contribution in [3.8, 4) is 0 Å². The molecule has 7 heteroatoms. The standard InChI is InChI=1S/C7H18O5P2/c1-4-10-13(8)7-14(9,11-5-2)12-6-3/h8H,4-7H2,1-3H3. The van der Waals surface area contributed by atoms with E-state index >= 15 is 0 Å². The summed E-state index contributed by atoms with van der Waals surface area (Å²) in [5, 5.41) is 0. The van der Waals surface area contributed by atoms with E-state index in [-0.39, 0.29) is 5.90 Å². The Hall–Kier alpha value is 0.500. The largest absolute Gasteiger partial charge is 0.349 e. The summed E-state index contributed by atoms with van der Waals surface area (Å²) in [7, 11) is -4.86. The Morgan fingerprint density at radius 1 is 1.14 bits per heavy atom. The van der Waals surface area contributed by atoms with Gasteiger partial charge in [-0.15, -0.1) is 0 Å². The van der Waals surface area contributed by atoms with Crippen LogP contribution in [0, 0.1) is 0 Å². The summed E-state index contributed by atoms with van der Waals surface area (Å²) >= 11 is 0. The fourth-order valence-electron chi connectivity index (χ4n) is 0.850. The van der Waals surface area contributed by atoms with Gasteiger partial charge < -0.3 is 18.5 Å². The Labute approximate surface area is 86.2 Å². The molecule has 0 aliphatic heterocycles. The van der Waals surface area contributed by atoms with Crippen LogP contribution in [0.5, 0.6) is 0 Å². The molecule has 0 aromatic rings. The maximum Gasteiger partial charge on any atom is 0.339 e. The summed E-state index contributed by atoms with van der Waals surface area (Å²) in [5.74, 6) is -0.0577. The zero-order chi connectivity index (χ0) is 11.0. The highest BCUT2D eigenvalue weighted by atomic mass is 31.2. The maximum absolute atomic E-state index is 11.8. The van der Waals surface area contributed by atoms with Crippen LogP contribution < -0.4 is 0 Å². The Balaban J connectivity index is 4.13. The van der Waals surface area contributed by atoms with Crippen LogP contribution in [0.4, 0.5) is 0 Å². The molecule has 14 heavy (non-hydrogen) atoms. The van der Waals surface area contributed by atoms with Crippen LogP contribution in [-0.2, 0) is 18.1 Å². The van der Waals surface area contributed by atoms with Gasteiger partial charge in [-0.2, -0.15) is 0 Å². The molecule has 1 unspecified atom stereocenters. The summed E-state index contributed by atoms with van der Waals surface area (Å²) in [6, 6.07) is 0. The van der Waals surface area contributed by atoms with Gasteiger partial charge in [0, 0.05) is 0 Å². The van der Waals surface area contributed by atoms with Gasteiger partial charge in [-0.1, -0.05) is 0 Å². The molecule has 0 bridgehead atoms. The van der Waals surface area contributed by atoms with Crippen molar-refractivity contribution < 1.29 is 23.0 Å². The smallest absolute Gasteiger partial charge is 0.339 e. The van der Waals surface area contributed by atoms with Crippen molar-refractivity contribution in [1.29, 1.82) is 0 Å². The summed E-state index contributed by atoms with van der Waals surface area (Å²) in [4.78, 5) is 9.35. The SMILES string of the molecule is CCOP(O)CP(=O)(OCC)OCC. The molecule has 1 atom stereocenters. The zero-order valence-electron chi connectivity index (χ0n) is 8.80. The van der Waals surface area contributed by atoms with Gasteiger partial charge in [-0.3, -0.25) is 4.57 Å². The molecule has 5 nitrogen and oxygen atoms in total. The summed E-state index contributed by atoms with van der Waals surface area (Å²) in [5.41, 5.74) is 0. The lowest BCUT2D eigenvalue weighted by Gasteiger charge is -2.18. The molecule has 0 amide bonds. The van der Waals surface area contributed by atoms with Gasteiger partial charge in [0.25, 0.3) is 0 Å². The summed E-state index contributed by atoms with van der Waals surface area (Å²) < 4.78 is 26.7. The molecule has 0 radical (unpaired) electrons. The Bertz CT molecular complexity index is 177. The van der Waals surface area contributed by atoms with Crippen LogP contribution in [0.25, 0.3) is 0 Å². The highest BCUT2D eigenvalue weighted by Crippen LogP contribution is 2.57. The normalized spacial score (nSPS) is 14.3. The number of rotatable bonds is 8. The first-order valence-corrected chi connectivity index (χ1v) is 7.68. The molecular formula is C7H18O5P2. The van der Waals surface area contributed by atoms with E-state index in [9.17, 15) is 9.46 Å². The molecule has 0 rings (SSSR count). The average Bonchev–Trinajstić information content (AvgIpc) is 2.04. The quantitative estimate of drug-likeness (QED) is 0.664. The molecule has 0 aromatic carbocycles. The van der Waals surface area contributed by atoms with E-state index in [2.05, 4.69) is 0 Å². The van der Waals surface area contributed by atoms with E-state index in [1.54, 1.807) is 20.8 Å². The van der Waals surface area contributed by atoms with Gasteiger partial charge in [0.1, 0.15) is 5.90 Å². The third kappa shape index (κ3) is 6.07. The van der Waals surface area contributed by atoms with Crippen molar-refractivity contribution in [2.75, 3.05) is 25.7 Å². The molecule has 0 aliphatic rings. The van der Waals surface area contributed by atoms with E-state index in [0.29, 0.717) is 19.8 Å². The average molecular weight is 244 g/mol. The van der Waals surface area contributed by atoms with Crippen molar-refractivity contribution >= 4 is 16.0 Å². The minimum Gasteiger partial charge on any atom is -0.349 e. The van der Waals surface area contributed by atoms with Crippen molar-refractivity contribution in [3.05, 3.63) is 0 Å². The second kappa shape index (κ2) is 7.75. The zero-order valence-corrected chi connectivity index (χ0v) is 10.6. The summed E-state index contributed by atoms with van der Waals surface area (Å²) in [6.45, 7) is 6.20. The Morgan fingerprint density at radius 3 is 2.00 bits per heavy atom. The van der Waals surface area contributed by atoms with Gasteiger partial charge in [0.05, 0.1) is 19.8 Å². The maximum atomic E-state index is 11.8. The lowest BCUT2D eigenvalue weighted by atomic mass is 10.9. The second-order valence-electron chi connectivity index (χ2n) is 2.36. The molecule has 0 fully saturated rings. The van der Waals surface area contributed by atoms with Gasteiger partial charge in [0.2, 0.25) is 0 Å². The molecule has 0 aromatic heterocycles. The predicted octanol–water partition coefficient (Wildman–Crippen LogP) is 2.55. The van der Waals surface area contributed by atoms with Crippen molar-refractivity contribution in [2.24, 2.45) is 0 Å². The molecule has 86 valence electrons. The lowest BCUT2D eigenvalue weighted by molar-refractivity contribution is 0.222. The van der Waals surface area contributed by atoms with E-state index in [0.717, 1.165) is 0 Å². The second-order valence-corrected chi connectivity index (χ2v) is 6.19. The van der Waals surface area contributed by atoms with Gasteiger partial charge in [0.15, 0.2) is 8.38 Å². The summed E-state index contributed by atoms with van der Waals surface area (Å²) in [6.07, 6.45) is 0. The molecule has 0 saturated carbocycles.